The van der Waals surface area contributed by atoms with Crippen LogP contribution in [0.2, 0.25) is 0 Å². The highest BCUT2D eigenvalue weighted by molar-refractivity contribution is 14.1. The van der Waals surface area contributed by atoms with Crippen LogP contribution >= 0.6 is 34.8 Å². The van der Waals surface area contributed by atoms with Crippen LogP contribution in [0.3, 0.4) is 0 Å². The molecular formula is C17H15IN2OS. The minimum absolute atomic E-state index is 0.261. The van der Waals surface area contributed by atoms with E-state index in [2.05, 4.69) is 33.2 Å². The molecule has 0 bridgehead atoms. The highest BCUT2D eigenvalue weighted by atomic mass is 127. The van der Waals surface area contributed by atoms with Gasteiger partial charge >= 0.3 is 0 Å². The highest BCUT2D eigenvalue weighted by Gasteiger charge is 2.01. The van der Waals surface area contributed by atoms with Crippen LogP contribution in [0.25, 0.3) is 6.08 Å². The third-order valence-electron chi connectivity index (χ3n) is 2.84. The first kappa shape index (κ1) is 16.6. The summed E-state index contributed by atoms with van der Waals surface area (Å²) in [6.45, 7) is 2.02. The van der Waals surface area contributed by atoms with Gasteiger partial charge in [-0.1, -0.05) is 29.8 Å². The van der Waals surface area contributed by atoms with Gasteiger partial charge < -0.3 is 5.32 Å². The van der Waals surface area contributed by atoms with E-state index in [1.807, 2.05) is 55.5 Å². The Kier molecular flexibility index (Phi) is 6.09. The van der Waals surface area contributed by atoms with Gasteiger partial charge in [0.05, 0.1) is 0 Å². The smallest absolute Gasteiger partial charge is 0.250 e. The van der Waals surface area contributed by atoms with Crippen molar-refractivity contribution in [3.8, 4) is 0 Å². The Bertz CT molecular complexity index is 694. The molecule has 3 nitrogen and oxygen atoms in total. The quantitative estimate of drug-likeness (QED) is 0.444. The number of anilines is 1. The fraction of sp³-hybridized carbons (Fsp3) is 0.0588. The van der Waals surface area contributed by atoms with Crippen LogP contribution in [0.1, 0.15) is 11.1 Å². The summed E-state index contributed by atoms with van der Waals surface area (Å²) in [6.07, 6.45) is 3.22. The lowest BCUT2D eigenvalue weighted by Gasteiger charge is -2.08. The molecule has 0 aliphatic rings. The van der Waals surface area contributed by atoms with Gasteiger partial charge in [0.2, 0.25) is 5.91 Å². The molecule has 0 aliphatic carbocycles. The van der Waals surface area contributed by atoms with E-state index in [-0.39, 0.29) is 11.0 Å². The van der Waals surface area contributed by atoms with Crippen molar-refractivity contribution in [2.24, 2.45) is 0 Å². The molecule has 0 aromatic heterocycles. The van der Waals surface area contributed by atoms with Gasteiger partial charge in [0.25, 0.3) is 0 Å². The zero-order chi connectivity index (χ0) is 15.9. The third kappa shape index (κ3) is 5.57. The summed E-state index contributed by atoms with van der Waals surface area (Å²) in [5.41, 5.74) is 3.00. The first-order valence-corrected chi connectivity index (χ1v) is 8.14. The maximum Gasteiger partial charge on any atom is 0.250 e. The summed E-state index contributed by atoms with van der Waals surface area (Å²) in [5, 5.41) is 5.86. The van der Waals surface area contributed by atoms with E-state index in [1.54, 1.807) is 6.08 Å². The molecule has 0 saturated heterocycles. The molecule has 1 amide bonds. The zero-order valence-corrected chi connectivity index (χ0v) is 14.9. The summed E-state index contributed by atoms with van der Waals surface area (Å²) in [6, 6.07) is 15.7. The first-order valence-electron chi connectivity index (χ1n) is 6.65. The lowest BCUT2D eigenvalue weighted by molar-refractivity contribution is -0.115. The predicted molar refractivity (Wildman–Crippen MR) is 104 cm³/mol. The molecule has 2 N–H and O–H groups in total. The molecule has 112 valence electrons. The van der Waals surface area contributed by atoms with Crippen molar-refractivity contribution in [3.05, 3.63) is 69.3 Å². The Morgan fingerprint density at radius 3 is 2.36 bits per heavy atom. The zero-order valence-electron chi connectivity index (χ0n) is 12.0. The Hall–Kier alpha value is -1.73. The number of benzene rings is 2. The molecule has 0 aliphatic heterocycles. The second-order valence-corrected chi connectivity index (χ2v) is 6.35. The number of hydrogen-bond acceptors (Lipinski definition) is 2. The number of nitrogens with one attached hydrogen (secondary N) is 2. The Morgan fingerprint density at radius 1 is 1.09 bits per heavy atom. The van der Waals surface area contributed by atoms with Gasteiger partial charge in [-0.3, -0.25) is 10.1 Å². The van der Waals surface area contributed by atoms with E-state index in [0.717, 1.165) is 14.8 Å². The third-order valence-corrected chi connectivity index (χ3v) is 3.77. The lowest BCUT2D eigenvalue weighted by Crippen LogP contribution is -2.32. The number of thiocarbonyl (C=S) groups is 1. The molecular weight excluding hydrogens is 407 g/mol. The number of amides is 1. The monoisotopic (exact) mass is 422 g/mol. The van der Waals surface area contributed by atoms with Gasteiger partial charge in [-0.05, 0) is 77.6 Å². The van der Waals surface area contributed by atoms with E-state index in [4.69, 9.17) is 12.2 Å². The van der Waals surface area contributed by atoms with Gasteiger partial charge in [0.1, 0.15) is 0 Å². The number of halogens is 1. The fourth-order valence-electron chi connectivity index (χ4n) is 1.70. The van der Waals surface area contributed by atoms with Gasteiger partial charge in [0, 0.05) is 15.3 Å². The maximum absolute atomic E-state index is 11.8. The van der Waals surface area contributed by atoms with E-state index in [0.29, 0.717) is 0 Å². The predicted octanol–water partition coefficient (Wildman–Crippen LogP) is 4.13. The van der Waals surface area contributed by atoms with Crippen molar-refractivity contribution in [2.75, 3.05) is 5.32 Å². The van der Waals surface area contributed by atoms with E-state index >= 15 is 0 Å². The van der Waals surface area contributed by atoms with Crippen LogP contribution in [-0.2, 0) is 4.79 Å². The van der Waals surface area contributed by atoms with Crippen LogP contribution in [0.5, 0.6) is 0 Å². The van der Waals surface area contributed by atoms with E-state index < -0.39 is 0 Å². The van der Waals surface area contributed by atoms with Gasteiger partial charge in [0.15, 0.2) is 5.11 Å². The number of carbonyl (C=O) groups excluding carboxylic acids is 1. The van der Waals surface area contributed by atoms with Crippen molar-refractivity contribution in [3.63, 3.8) is 0 Å². The first-order chi connectivity index (χ1) is 10.5. The summed E-state index contributed by atoms with van der Waals surface area (Å²) in [5.74, 6) is -0.261. The lowest BCUT2D eigenvalue weighted by atomic mass is 10.1. The normalized spacial score (nSPS) is 10.5. The summed E-state index contributed by atoms with van der Waals surface area (Å²) in [7, 11) is 0. The second kappa shape index (κ2) is 8.05. The average Bonchev–Trinajstić information content (AvgIpc) is 2.49. The van der Waals surface area contributed by atoms with Gasteiger partial charge in [-0.2, -0.15) is 0 Å². The van der Waals surface area contributed by atoms with Gasteiger partial charge in [-0.15, -0.1) is 0 Å². The molecule has 0 atom stereocenters. The van der Waals surface area contributed by atoms with E-state index in [9.17, 15) is 4.79 Å². The van der Waals surface area contributed by atoms with Crippen LogP contribution in [-0.4, -0.2) is 11.0 Å². The molecule has 5 heteroatoms. The molecule has 0 radical (unpaired) electrons. The number of rotatable bonds is 3. The molecule has 0 saturated carbocycles. The fourth-order valence-corrected chi connectivity index (χ4v) is 2.28. The summed E-state index contributed by atoms with van der Waals surface area (Å²) < 4.78 is 1.14. The van der Waals surface area contributed by atoms with Crippen molar-refractivity contribution in [1.29, 1.82) is 0 Å². The summed E-state index contributed by atoms with van der Waals surface area (Å²) in [4.78, 5) is 11.8. The standard InChI is InChI=1S/C17H15IN2OS/c1-12-2-4-13(5-3-12)6-11-16(21)20-17(22)19-15-9-7-14(18)8-10-15/h2-11H,1H3,(H2,19,20,21,22)/b11-6+. The van der Waals surface area contributed by atoms with E-state index in [1.165, 1.54) is 11.6 Å². The Labute approximate surface area is 149 Å². The Balaban J connectivity index is 1.87. The topological polar surface area (TPSA) is 41.1 Å². The summed E-state index contributed by atoms with van der Waals surface area (Å²) >= 11 is 7.34. The van der Waals surface area contributed by atoms with Gasteiger partial charge in [-0.25, -0.2) is 0 Å². The minimum atomic E-state index is -0.261. The molecule has 2 aromatic rings. The molecule has 2 aromatic carbocycles. The largest absolute Gasteiger partial charge is 0.332 e. The molecule has 0 spiro atoms. The van der Waals surface area contributed by atoms with Crippen molar-refractivity contribution in [2.45, 2.75) is 6.92 Å². The van der Waals surface area contributed by atoms with Crippen molar-refractivity contribution >= 4 is 57.6 Å². The molecule has 2 rings (SSSR count). The Morgan fingerprint density at radius 2 is 1.73 bits per heavy atom. The average molecular weight is 422 g/mol. The number of carbonyl (C=O) groups is 1. The van der Waals surface area contributed by atoms with Crippen LogP contribution in [0.15, 0.2) is 54.6 Å². The molecule has 22 heavy (non-hydrogen) atoms. The molecule has 0 fully saturated rings. The maximum atomic E-state index is 11.8. The van der Waals surface area contributed by atoms with Crippen LogP contribution < -0.4 is 10.6 Å². The molecule has 0 heterocycles. The van der Waals surface area contributed by atoms with Crippen LogP contribution in [0, 0.1) is 10.5 Å². The number of hydrogen-bond donors (Lipinski definition) is 2. The SMILES string of the molecule is Cc1ccc(/C=C/C(=O)NC(=S)Nc2ccc(I)cc2)cc1. The van der Waals surface area contributed by atoms with Crippen molar-refractivity contribution < 1.29 is 4.79 Å². The van der Waals surface area contributed by atoms with Crippen molar-refractivity contribution in [1.82, 2.24) is 5.32 Å². The van der Waals surface area contributed by atoms with Crippen LogP contribution in [0.4, 0.5) is 5.69 Å². The number of aryl methyl sites for hydroxylation is 1. The minimum Gasteiger partial charge on any atom is -0.332 e. The second-order valence-electron chi connectivity index (χ2n) is 4.69. The molecule has 0 unspecified atom stereocenters. The highest BCUT2D eigenvalue weighted by Crippen LogP contribution is 2.10.